The first-order chi connectivity index (χ1) is 10.5. The van der Waals surface area contributed by atoms with Crippen molar-refractivity contribution in [3.63, 3.8) is 0 Å². The zero-order valence-corrected chi connectivity index (χ0v) is 12.9. The number of para-hydroxylation sites is 1. The second kappa shape index (κ2) is 7.04. The summed E-state index contributed by atoms with van der Waals surface area (Å²) >= 11 is 1.19. The van der Waals surface area contributed by atoms with Gasteiger partial charge in [0.2, 0.25) is 5.91 Å². The van der Waals surface area contributed by atoms with Gasteiger partial charge in [0.05, 0.1) is 11.7 Å². The first kappa shape index (κ1) is 16.0. The highest BCUT2D eigenvalue weighted by Crippen LogP contribution is 2.17. The van der Waals surface area contributed by atoms with E-state index in [0.717, 1.165) is 11.4 Å². The number of carbonyl (C=O) groups is 2. The Morgan fingerprint density at radius 3 is 2.45 bits per heavy atom. The van der Waals surface area contributed by atoms with Gasteiger partial charge in [0.1, 0.15) is 0 Å². The number of benzene rings is 1. The molecule has 0 unspecified atom stereocenters. The van der Waals surface area contributed by atoms with Gasteiger partial charge in [-0.05, 0) is 26.0 Å². The van der Waals surface area contributed by atoms with E-state index in [0.29, 0.717) is 5.16 Å². The van der Waals surface area contributed by atoms with Crippen LogP contribution in [0.25, 0.3) is 0 Å². The summed E-state index contributed by atoms with van der Waals surface area (Å²) in [5.41, 5.74) is 1.83. The molecule has 114 valence electrons. The van der Waals surface area contributed by atoms with Gasteiger partial charge in [0.25, 0.3) is 0 Å². The van der Waals surface area contributed by atoms with Crippen LogP contribution in [0.1, 0.15) is 21.7 Å². The van der Waals surface area contributed by atoms with Crippen molar-refractivity contribution in [3.05, 3.63) is 47.3 Å². The lowest BCUT2D eigenvalue weighted by molar-refractivity contribution is -0.254. The van der Waals surface area contributed by atoms with Crippen LogP contribution in [0.4, 0.5) is 5.69 Å². The minimum Gasteiger partial charge on any atom is -0.545 e. The number of anilines is 1. The highest BCUT2D eigenvalue weighted by atomic mass is 32.2. The average molecular weight is 316 g/mol. The van der Waals surface area contributed by atoms with Crippen molar-refractivity contribution in [2.24, 2.45) is 0 Å². The number of hydrogen-bond donors (Lipinski definition) is 1. The normalized spacial score (nSPS) is 10.3. The fourth-order valence-corrected chi connectivity index (χ4v) is 2.59. The zero-order valence-electron chi connectivity index (χ0n) is 12.1. The molecule has 0 spiro atoms. The Bertz CT molecular complexity index is 699. The molecular weight excluding hydrogens is 302 g/mol. The lowest BCUT2D eigenvalue weighted by atomic mass is 10.2. The molecule has 1 amide bonds. The topological polar surface area (TPSA) is 95.0 Å². The van der Waals surface area contributed by atoms with E-state index in [1.807, 2.05) is 19.9 Å². The predicted molar refractivity (Wildman–Crippen MR) is 81.6 cm³/mol. The monoisotopic (exact) mass is 316 g/mol. The van der Waals surface area contributed by atoms with Crippen molar-refractivity contribution in [2.45, 2.75) is 19.0 Å². The quantitative estimate of drug-likeness (QED) is 0.657. The van der Waals surface area contributed by atoms with Gasteiger partial charge >= 0.3 is 0 Å². The summed E-state index contributed by atoms with van der Waals surface area (Å²) in [6.45, 7) is 3.71. The largest absolute Gasteiger partial charge is 0.545 e. The molecule has 7 heteroatoms. The van der Waals surface area contributed by atoms with E-state index < -0.39 is 5.97 Å². The molecule has 0 radical (unpaired) electrons. The predicted octanol–water partition coefficient (Wildman–Crippen LogP) is 1.19. The molecule has 0 fully saturated rings. The molecule has 0 saturated heterocycles. The van der Waals surface area contributed by atoms with E-state index in [1.165, 1.54) is 23.9 Å². The number of aromatic nitrogens is 2. The number of aryl methyl sites for hydroxylation is 2. The van der Waals surface area contributed by atoms with Gasteiger partial charge in [-0.25, -0.2) is 9.97 Å². The minimum absolute atomic E-state index is 0.0523. The molecule has 2 rings (SSSR count). The van der Waals surface area contributed by atoms with E-state index >= 15 is 0 Å². The van der Waals surface area contributed by atoms with Crippen molar-refractivity contribution in [2.75, 3.05) is 11.1 Å². The van der Waals surface area contributed by atoms with E-state index in [1.54, 1.807) is 12.1 Å². The van der Waals surface area contributed by atoms with Crippen molar-refractivity contribution in [1.29, 1.82) is 0 Å². The lowest BCUT2D eigenvalue weighted by Crippen LogP contribution is -2.25. The molecule has 0 aliphatic carbocycles. The highest BCUT2D eigenvalue weighted by Gasteiger charge is 2.09. The standard InChI is InChI=1S/C15H15N3O3S/c1-9-7-10(2)17-15(16-9)22-8-13(19)18-12-6-4-3-5-11(12)14(20)21/h3-7H,8H2,1-2H3,(H,18,19)(H,20,21)/p-1. The molecule has 1 heterocycles. The summed E-state index contributed by atoms with van der Waals surface area (Å²) in [5.74, 6) is -1.58. The summed E-state index contributed by atoms with van der Waals surface area (Å²) in [6.07, 6.45) is 0. The number of amides is 1. The number of carboxylic acids is 1. The third-order valence-corrected chi connectivity index (χ3v) is 3.56. The Morgan fingerprint density at radius 2 is 1.82 bits per heavy atom. The zero-order chi connectivity index (χ0) is 16.1. The third-order valence-electron chi connectivity index (χ3n) is 2.72. The summed E-state index contributed by atoms with van der Waals surface area (Å²) in [4.78, 5) is 31.4. The molecule has 0 saturated carbocycles. The number of carboxylic acid groups (broad SMARTS) is 1. The van der Waals surface area contributed by atoms with Crippen LogP contribution < -0.4 is 10.4 Å². The van der Waals surface area contributed by atoms with Crippen LogP contribution in [-0.2, 0) is 4.79 Å². The Hall–Kier alpha value is -2.41. The van der Waals surface area contributed by atoms with Crippen LogP contribution in [0.3, 0.4) is 0 Å². The maximum absolute atomic E-state index is 11.9. The molecule has 22 heavy (non-hydrogen) atoms. The van der Waals surface area contributed by atoms with Gasteiger partial charge in [-0.15, -0.1) is 0 Å². The fourth-order valence-electron chi connectivity index (χ4n) is 1.84. The Balaban J connectivity index is 2.00. The Labute approximate surface area is 132 Å². The summed E-state index contributed by atoms with van der Waals surface area (Å²) in [5, 5.41) is 14.0. The number of rotatable bonds is 5. The lowest BCUT2D eigenvalue weighted by Gasteiger charge is -2.11. The maximum Gasteiger partial charge on any atom is 0.234 e. The third kappa shape index (κ3) is 4.29. The van der Waals surface area contributed by atoms with Gasteiger partial charge in [-0.2, -0.15) is 0 Å². The molecule has 1 aromatic carbocycles. The maximum atomic E-state index is 11.9. The van der Waals surface area contributed by atoms with E-state index in [2.05, 4.69) is 15.3 Å². The number of hydrogen-bond acceptors (Lipinski definition) is 6. The smallest absolute Gasteiger partial charge is 0.234 e. The van der Waals surface area contributed by atoms with Gasteiger partial charge < -0.3 is 15.2 Å². The number of carbonyl (C=O) groups excluding carboxylic acids is 2. The number of nitrogens with zero attached hydrogens (tertiary/aromatic N) is 2. The fraction of sp³-hybridized carbons (Fsp3) is 0.200. The molecule has 0 aliphatic heterocycles. The molecule has 1 N–H and O–H groups in total. The van der Waals surface area contributed by atoms with Crippen LogP contribution in [0, 0.1) is 13.8 Å². The summed E-state index contributed by atoms with van der Waals surface area (Å²) < 4.78 is 0. The first-order valence-corrected chi connectivity index (χ1v) is 7.49. The average Bonchev–Trinajstić information content (AvgIpc) is 2.44. The van der Waals surface area contributed by atoms with Gasteiger partial charge in [0, 0.05) is 22.6 Å². The molecular formula is C15H14N3O3S-. The molecule has 2 aromatic rings. The summed E-state index contributed by atoms with van der Waals surface area (Å²) in [7, 11) is 0. The molecule has 6 nitrogen and oxygen atoms in total. The van der Waals surface area contributed by atoms with Crippen molar-refractivity contribution >= 4 is 29.3 Å². The first-order valence-electron chi connectivity index (χ1n) is 6.51. The van der Waals surface area contributed by atoms with E-state index in [4.69, 9.17) is 0 Å². The second-order valence-corrected chi connectivity index (χ2v) is 5.55. The highest BCUT2D eigenvalue weighted by molar-refractivity contribution is 7.99. The SMILES string of the molecule is Cc1cc(C)nc(SCC(=O)Nc2ccccc2C(=O)[O-])n1. The second-order valence-electron chi connectivity index (χ2n) is 4.60. The van der Waals surface area contributed by atoms with Crippen molar-refractivity contribution in [1.82, 2.24) is 9.97 Å². The van der Waals surface area contributed by atoms with Crippen LogP contribution in [0.5, 0.6) is 0 Å². The van der Waals surface area contributed by atoms with Crippen LogP contribution in [0.15, 0.2) is 35.5 Å². The van der Waals surface area contributed by atoms with Gasteiger partial charge in [-0.3, -0.25) is 4.79 Å². The minimum atomic E-state index is -1.33. The van der Waals surface area contributed by atoms with Crippen LogP contribution in [0.2, 0.25) is 0 Å². The number of thioether (sulfide) groups is 1. The van der Waals surface area contributed by atoms with E-state index in [9.17, 15) is 14.7 Å². The van der Waals surface area contributed by atoms with Crippen molar-refractivity contribution < 1.29 is 14.7 Å². The number of aromatic carboxylic acids is 1. The molecule has 0 bridgehead atoms. The van der Waals surface area contributed by atoms with E-state index in [-0.39, 0.29) is 22.9 Å². The Morgan fingerprint density at radius 1 is 1.18 bits per heavy atom. The molecule has 0 aliphatic rings. The van der Waals surface area contributed by atoms with Crippen molar-refractivity contribution in [3.8, 4) is 0 Å². The number of nitrogens with one attached hydrogen (secondary N) is 1. The molecule has 0 atom stereocenters. The Kier molecular flexibility index (Phi) is 5.11. The summed E-state index contributed by atoms with van der Waals surface area (Å²) in [6, 6.07) is 7.95. The van der Waals surface area contributed by atoms with Gasteiger partial charge in [0.15, 0.2) is 5.16 Å². The van der Waals surface area contributed by atoms with Gasteiger partial charge in [-0.1, -0.05) is 30.0 Å². The van der Waals surface area contributed by atoms with Crippen LogP contribution in [-0.4, -0.2) is 27.6 Å². The van der Waals surface area contributed by atoms with Crippen LogP contribution >= 0.6 is 11.8 Å². The molecule has 1 aromatic heterocycles.